The Morgan fingerprint density at radius 1 is 0.609 bits per heavy atom. The van der Waals surface area contributed by atoms with Crippen LogP contribution in [0, 0.1) is 17.3 Å². The van der Waals surface area contributed by atoms with Gasteiger partial charge in [-0.1, -0.05) is 97.3 Å². The summed E-state index contributed by atoms with van der Waals surface area (Å²) in [5.74, 6) is 2.11. The molecule has 0 unspecified atom stereocenters. The molecule has 0 amide bonds. The van der Waals surface area contributed by atoms with Crippen LogP contribution >= 0.6 is 0 Å². The summed E-state index contributed by atoms with van der Waals surface area (Å²) in [6.07, 6.45) is 27.1. The minimum Gasteiger partial charge on any atom is -0.0654 e. The fourth-order valence-electron chi connectivity index (χ4n) is 5.73. The second-order valence-electron chi connectivity index (χ2n) is 9.05. The average Bonchev–Trinajstić information content (AvgIpc) is 2.62. The molecule has 0 aliphatic heterocycles. The lowest BCUT2D eigenvalue weighted by atomic mass is 9.58. The highest BCUT2D eigenvalue weighted by Gasteiger charge is 2.40. The van der Waals surface area contributed by atoms with Crippen LogP contribution in [0.4, 0.5) is 0 Å². The number of hydrogen-bond acceptors (Lipinski definition) is 0. The molecule has 0 nitrogen and oxygen atoms in total. The molecule has 2 fully saturated rings. The zero-order valence-corrected chi connectivity index (χ0v) is 16.4. The van der Waals surface area contributed by atoms with Gasteiger partial charge >= 0.3 is 0 Å². The van der Waals surface area contributed by atoms with E-state index in [9.17, 15) is 0 Å². The Morgan fingerprint density at radius 3 is 1.52 bits per heavy atom. The molecule has 0 heterocycles. The molecule has 2 aliphatic carbocycles. The van der Waals surface area contributed by atoms with Crippen LogP contribution < -0.4 is 0 Å². The van der Waals surface area contributed by atoms with E-state index in [2.05, 4.69) is 13.8 Å². The average molecular weight is 321 g/mol. The highest BCUT2D eigenvalue weighted by molar-refractivity contribution is 4.91. The standard InChI is InChI=1S/C23H44/c1-3-4-5-6-7-8-15-20-23(2,21-16-11-9-12-17-21)22-18-13-10-14-19-22/h21-22H,3-20H2,1-2H3. The van der Waals surface area contributed by atoms with Crippen molar-refractivity contribution in [3.63, 3.8) is 0 Å². The lowest BCUT2D eigenvalue weighted by Gasteiger charge is -2.47. The first-order valence-corrected chi connectivity index (χ1v) is 11.3. The van der Waals surface area contributed by atoms with Crippen molar-refractivity contribution >= 4 is 0 Å². The highest BCUT2D eigenvalue weighted by atomic mass is 14.5. The fourth-order valence-corrected chi connectivity index (χ4v) is 5.73. The predicted octanol–water partition coefficient (Wildman–Crippen LogP) is 8.29. The van der Waals surface area contributed by atoms with Gasteiger partial charge in [0.1, 0.15) is 0 Å². The summed E-state index contributed by atoms with van der Waals surface area (Å²) < 4.78 is 0. The number of unbranched alkanes of at least 4 members (excludes halogenated alkanes) is 6. The van der Waals surface area contributed by atoms with Crippen LogP contribution in [0.5, 0.6) is 0 Å². The Hall–Kier alpha value is 0. The maximum atomic E-state index is 2.72. The van der Waals surface area contributed by atoms with Crippen molar-refractivity contribution in [2.75, 3.05) is 0 Å². The van der Waals surface area contributed by atoms with E-state index < -0.39 is 0 Å². The summed E-state index contributed by atoms with van der Waals surface area (Å²) in [4.78, 5) is 0. The molecule has 2 saturated carbocycles. The SMILES string of the molecule is CCCCCCCCCC(C)(C1CCCCC1)C1CCCCC1. The number of rotatable bonds is 10. The summed E-state index contributed by atoms with van der Waals surface area (Å²) in [5, 5.41) is 0. The molecular formula is C23H44. The Balaban J connectivity index is 1.80. The summed E-state index contributed by atoms with van der Waals surface area (Å²) in [6, 6.07) is 0. The van der Waals surface area contributed by atoms with Crippen molar-refractivity contribution in [3.05, 3.63) is 0 Å². The first-order valence-electron chi connectivity index (χ1n) is 11.3. The minimum atomic E-state index is 0.685. The lowest BCUT2D eigenvalue weighted by molar-refractivity contribution is 0.0289. The quantitative estimate of drug-likeness (QED) is 0.355. The minimum absolute atomic E-state index is 0.685. The Bertz CT molecular complexity index is 262. The van der Waals surface area contributed by atoms with Gasteiger partial charge in [0, 0.05) is 0 Å². The van der Waals surface area contributed by atoms with Gasteiger partial charge in [-0.15, -0.1) is 0 Å². The van der Waals surface area contributed by atoms with Crippen molar-refractivity contribution in [3.8, 4) is 0 Å². The second kappa shape index (κ2) is 10.8. The van der Waals surface area contributed by atoms with Gasteiger partial charge in [0.25, 0.3) is 0 Å². The molecule has 0 saturated heterocycles. The van der Waals surface area contributed by atoms with Gasteiger partial charge in [-0.05, 0) is 49.4 Å². The van der Waals surface area contributed by atoms with Crippen LogP contribution in [0.2, 0.25) is 0 Å². The smallest absolute Gasteiger partial charge is 0.0269 e. The largest absolute Gasteiger partial charge is 0.0654 e. The zero-order chi connectivity index (χ0) is 16.4. The third-order valence-electron chi connectivity index (χ3n) is 7.39. The normalized spacial score (nSPS) is 21.7. The molecule has 0 aromatic carbocycles. The monoisotopic (exact) mass is 320 g/mol. The molecule has 23 heavy (non-hydrogen) atoms. The van der Waals surface area contributed by atoms with Gasteiger partial charge in [0.2, 0.25) is 0 Å². The summed E-state index contributed by atoms with van der Waals surface area (Å²) in [5.41, 5.74) is 0.685. The van der Waals surface area contributed by atoms with E-state index in [0.717, 1.165) is 11.8 Å². The van der Waals surface area contributed by atoms with Gasteiger partial charge in [-0.25, -0.2) is 0 Å². The summed E-state index contributed by atoms with van der Waals surface area (Å²) >= 11 is 0. The van der Waals surface area contributed by atoms with Crippen LogP contribution in [-0.2, 0) is 0 Å². The summed E-state index contributed by atoms with van der Waals surface area (Å²) in [6.45, 7) is 5.04. The van der Waals surface area contributed by atoms with Gasteiger partial charge < -0.3 is 0 Å². The van der Waals surface area contributed by atoms with Crippen molar-refractivity contribution < 1.29 is 0 Å². The van der Waals surface area contributed by atoms with Gasteiger partial charge in [0.05, 0.1) is 0 Å². The van der Waals surface area contributed by atoms with E-state index >= 15 is 0 Å². The van der Waals surface area contributed by atoms with Crippen molar-refractivity contribution in [2.45, 2.75) is 129 Å². The van der Waals surface area contributed by atoms with E-state index in [1.54, 1.807) is 25.7 Å². The Morgan fingerprint density at radius 2 is 1.04 bits per heavy atom. The molecule has 2 aliphatic rings. The highest BCUT2D eigenvalue weighted by Crippen LogP contribution is 2.51. The second-order valence-corrected chi connectivity index (χ2v) is 9.05. The Labute approximate surface area is 147 Å². The number of hydrogen-bond donors (Lipinski definition) is 0. The first-order chi connectivity index (χ1) is 11.3. The van der Waals surface area contributed by atoms with Crippen molar-refractivity contribution in [1.82, 2.24) is 0 Å². The van der Waals surface area contributed by atoms with Crippen LogP contribution in [0.3, 0.4) is 0 Å². The van der Waals surface area contributed by atoms with E-state index in [1.165, 1.54) is 89.9 Å². The third kappa shape index (κ3) is 6.09. The topological polar surface area (TPSA) is 0 Å². The van der Waals surface area contributed by atoms with Crippen LogP contribution in [-0.4, -0.2) is 0 Å². The molecule has 0 spiro atoms. The maximum absolute atomic E-state index is 2.72. The van der Waals surface area contributed by atoms with Gasteiger partial charge in [-0.2, -0.15) is 0 Å². The molecule has 136 valence electrons. The fraction of sp³-hybridized carbons (Fsp3) is 1.00. The molecule has 2 rings (SSSR count). The first kappa shape index (κ1) is 19.3. The maximum Gasteiger partial charge on any atom is -0.0269 e. The lowest BCUT2D eigenvalue weighted by Crippen LogP contribution is -2.37. The van der Waals surface area contributed by atoms with Gasteiger partial charge in [0.15, 0.2) is 0 Å². The van der Waals surface area contributed by atoms with Crippen molar-refractivity contribution in [2.24, 2.45) is 17.3 Å². The molecule has 0 heteroatoms. The molecule has 0 N–H and O–H groups in total. The molecule has 0 radical (unpaired) electrons. The predicted molar refractivity (Wildman–Crippen MR) is 104 cm³/mol. The van der Waals surface area contributed by atoms with E-state index in [-0.39, 0.29) is 0 Å². The van der Waals surface area contributed by atoms with Crippen LogP contribution in [0.15, 0.2) is 0 Å². The van der Waals surface area contributed by atoms with Crippen molar-refractivity contribution in [1.29, 1.82) is 0 Å². The molecule has 0 bridgehead atoms. The van der Waals surface area contributed by atoms with Crippen LogP contribution in [0.1, 0.15) is 129 Å². The molecule has 0 aromatic heterocycles. The van der Waals surface area contributed by atoms with Gasteiger partial charge in [-0.3, -0.25) is 0 Å². The third-order valence-corrected chi connectivity index (χ3v) is 7.39. The van der Waals surface area contributed by atoms with E-state index in [0.29, 0.717) is 5.41 Å². The molecule has 0 aromatic rings. The zero-order valence-electron chi connectivity index (χ0n) is 16.4. The Kier molecular flexibility index (Phi) is 9.06. The van der Waals surface area contributed by atoms with E-state index in [4.69, 9.17) is 0 Å². The molecule has 0 atom stereocenters. The summed E-state index contributed by atoms with van der Waals surface area (Å²) in [7, 11) is 0. The van der Waals surface area contributed by atoms with Crippen LogP contribution in [0.25, 0.3) is 0 Å². The molecular weight excluding hydrogens is 276 g/mol. The van der Waals surface area contributed by atoms with E-state index in [1.807, 2.05) is 0 Å².